The van der Waals surface area contributed by atoms with Gasteiger partial charge >= 0.3 is 0 Å². The number of fused-ring (bicyclic) bond motifs is 3. The molecule has 84 valence electrons. The first-order chi connectivity index (χ1) is 8.29. The fourth-order valence-corrected chi connectivity index (χ4v) is 2.15. The monoisotopic (exact) mass is 223 g/mol. The molecule has 0 amide bonds. The predicted molar refractivity (Wildman–Crippen MR) is 71.3 cm³/mol. The van der Waals surface area contributed by atoms with E-state index in [0.717, 1.165) is 33.2 Å². The predicted octanol–water partition coefficient (Wildman–Crippen LogP) is 3.13. The average molecular weight is 223 g/mol. The minimum absolute atomic E-state index is 0.925. The summed E-state index contributed by atoms with van der Waals surface area (Å²) in [6, 6.07) is 10.3. The summed E-state index contributed by atoms with van der Waals surface area (Å²) in [5.41, 5.74) is 3.15. The Morgan fingerprint density at radius 2 is 2.06 bits per heavy atom. The molecular formula is C14H13N3. The van der Waals surface area contributed by atoms with E-state index in [-0.39, 0.29) is 0 Å². The van der Waals surface area contributed by atoms with Gasteiger partial charge in [0.15, 0.2) is 0 Å². The highest BCUT2D eigenvalue weighted by molar-refractivity contribution is 6.04. The summed E-state index contributed by atoms with van der Waals surface area (Å²) in [7, 11) is 1.89. The Kier molecular flexibility index (Phi) is 2.18. The quantitative estimate of drug-likeness (QED) is 0.644. The molecule has 3 heteroatoms. The highest BCUT2D eigenvalue weighted by Crippen LogP contribution is 2.25. The standard InChI is InChI=1S/C14H13N3/c1-9-8-10-5-6-12-11(4-3-7-16-12)13(10)17-14(9)15-2/h3-8H,1-2H3,(H,15,17). The van der Waals surface area contributed by atoms with Crippen LogP contribution in [0.25, 0.3) is 21.8 Å². The van der Waals surface area contributed by atoms with E-state index in [0.29, 0.717) is 0 Å². The summed E-state index contributed by atoms with van der Waals surface area (Å²) in [4.78, 5) is 9.02. The van der Waals surface area contributed by atoms with Gasteiger partial charge in [-0.15, -0.1) is 0 Å². The molecule has 0 unspecified atom stereocenters. The van der Waals surface area contributed by atoms with Crippen LogP contribution in [0, 0.1) is 6.92 Å². The van der Waals surface area contributed by atoms with Gasteiger partial charge < -0.3 is 5.32 Å². The zero-order chi connectivity index (χ0) is 11.8. The van der Waals surface area contributed by atoms with Crippen LogP contribution in [0.4, 0.5) is 5.82 Å². The molecular weight excluding hydrogens is 210 g/mol. The number of hydrogen-bond acceptors (Lipinski definition) is 3. The highest BCUT2D eigenvalue weighted by Gasteiger charge is 2.05. The maximum Gasteiger partial charge on any atom is 0.129 e. The first-order valence-corrected chi connectivity index (χ1v) is 5.62. The second-order valence-corrected chi connectivity index (χ2v) is 4.11. The van der Waals surface area contributed by atoms with Crippen LogP contribution in [-0.4, -0.2) is 17.0 Å². The van der Waals surface area contributed by atoms with Crippen molar-refractivity contribution in [1.29, 1.82) is 0 Å². The van der Waals surface area contributed by atoms with E-state index in [1.54, 1.807) is 6.20 Å². The highest BCUT2D eigenvalue weighted by atomic mass is 15.0. The molecule has 0 saturated carbocycles. The number of rotatable bonds is 1. The molecule has 3 rings (SSSR count). The molecule has 0 saturated heterocycles. The number of benzene rings is 1. The van der Waals surface area contributed by atoms with Gasteiger partial charge in [0.25, 0.3) is 0 Å². The molecule has 1 N–H and O–H groups in total. The lowest BCUT2D eigenvalue weighted by Crippen LogP contribution is -1.96. The number of aryl methyl sites for hydroxylation is 1. The van der Waals surface area contributed by atoms with Gasteiger partial charge in [-0.05, 0) is 36.8 Å². The summed E-state index contributed by atoms with van der Waals surface area (Å²) >= 11 is 0. The summed E-state index contributed by atoms with van der Waals surface area (Å²) in [6.07, 6.45) is 1.81. The van der Waals surface area contributed by atoms with Crippen molar-refractivity contribution in [2.24, 2.45) is 0 Å². The molecule has 0 radical (unpaired) electrons. The maximum absolute atomic E-state index is 4.67. The van der Waals surface area contributed by atoms with Crippen LogP contribution in [-0.2, 0) is 0 Å². The lowest BCUT2D eigenvalue weighted by atomic mass is 10.1. The van der Waals surface area contributed by atoms with Crippen molar-refractivity contribution in [3.05, 3.63) is 42.1 Å². The first kappa shape index (κ1) is 10.0. The number of hydrogen-bond donors (Lipinski definition) is 1. The van der Waals surface area contributed by atoms with E-state index in [1.807, 2.05) is 19.2 Å². The van der Waals surface area contributed by atoms with Gasteiger partial charge in [0.05, 0.1) is 11.0 Å². The number of aromatic nitrogens is 2. The van der Waals surface area contributed by atoms with Crippen molar-refractivity contribution in [1.82, 2.24) is 9.97 Å². The van der Waals surface area contributed by atoms with Crippen LogP contribution in [0.2, 0.25) is 0 Å². The molecule has 3 nitrogen and oxygen atoms in total. The molecule has 0 aliphatic carbocycles. The van der Waals surface area contributed by atoms with Gasteiger partial charge in [-0.3, -0.25) is 4.98 Å². The van der Waals surface area contributed by atoms with Crippen molar-refractivity contribution in [3.8, 4) is 0 Å². The van der Waals surface area contributed by atoms with Crippen LogP contribution in [0.3, 0.4) is 0 Å². The number of anilines is 1. The Labute approximate surface area is 99.5 Å². The number of nitrogens with zero attached hydrogens (tertiary/aromatic N) is 2. The minimum Gasteiger partial charge on any atom is -0.373 e. The fraction of sp³-hybridized carbons (Fsp3) is 0.143. The van der Waals surface area contributed by atoms with Crippen molar-refractivity contribution < 1.29 is 0 Å². The topological polar surface area (TPSA) is 37.8 Å². The maximum atomic E-state index is 4.67. The molecule has 0 fully saturated rings. The summed E-state index contributed by atoms with van der Waals surface area (Å²) in [5.74, 6) is 0.925. The van der Waals surface area contributed by atoms with Crippen molar-refractivity contribution in [2.45, 2.75) is 6.92 Å². The van der Waals surface area contributed by atoms with E-state index >= 15 is 0 Å². The number of pyridine rings is 2. The number of nitrogens with one attached hydrogen (secondary N) is 1. The summed E-state index contributed by atoms with van der Waals surface area (Å²) in [5, 5.41) is 5.37. The van der Waals surface area contributed by atoms with Crippen LogP contribution in [0.5, 0.6) is 0 Å². The van der Waals surface area contributed by atoms with Crippen molar-refractivity contribution >= 4 is 27.6 Å². The van der Waals surface area contributed by atoms with Gasteiger partial charge in [-0.25, -0.2) is 4.98 Å². The zero-order valence-electron chi connectivity index (χ0n) is 9.86. The third-order valence-electron chi connectivity index (χ3n) is 2.99. The summed E-state index contributed by atoms with van der Waals surface area (Å²) < 4.78 is 0. The Hall–Kier alpha value is -2.16. The molecule has 2 heterocycles. The molecule has 0 spiro atoms. The fourth-order valence-electron chi connectivity index (χ4n) is 2.15. The molecule has 17 heavy (non-hydrogen) atoms. The zero-order valence-corrected chi connectivity index (χ0v) is 9.86. The van der Waals surface area contributed by atoms with E-state index in [4.69, 9.17) is 0 Å². The SMILES string of the molecule is CNc1nc2c(ccc3ncccc32)cc1C. The van der Waals surface area contributed by atoms with Crippen molar-refractivity contribution in [3.63, 3.8) is 0 Å². The lowest BCUT2D eigenvalue weighted by Gasteiger charge is -2.08. The van der Waals surface area contributed by atoms with Gasteiger partial charge in [0.2, 0.25) is 0 Å². The van der Waals surface area contributed by atoms with Crippen LogP contribution >= 0.6 is 0 Å². The molecule has 1 aromatic carbocycles. The normalized spacial score (nSPS) is 10.9. The Bertz CT molecular complexity index is 704. The van der Waals surface area contributed by atoms with Gasteiger partial charge in [-0.1, -0.05) is 6.07 Å². The van der Waals surface area contributed by atoms with E-state index < -0.39 is 0 Å². The molecule has 0 aliphatic rings. The summed E-state index contributed by atoms with van der Waals surface area (Å²) in [6.45, 7) is 2.06. The Balaban J connectivity index is 2.48. The third-order valence-corrected chi connectivity index (χ3v) is 2.99. The average Bonchev–Trinajstić information content (AvgIpc) is 2.37. The Morgan fingerprint density at radius 3 is 2.88 bits per heavy atom. The molecule has 0 atom stereocenters. The third kappa shape index (κ3) is 1.51. The smallest absolute Gasteiger partial charge is 0.129 e. The Morgan fingerprint density at radius 1 is 1.18 bits per heavy atom. The van der Waals surface area contributed by atoms with E-state index in [2.05, 4.69) is 40.4 Å². The van der Waals surface area contributed by atoms with Gasteiger partial charge in [0, 0.05) is 24.0 Å². The van der Waals surface area contributed by atoms with Crippen LogP contribution < -0.4 is 5.32 Å². The lowest BCUT2D eigenvalue weighted by molar-refractivity contribution is 1.29. The molecule has 0 aliphatic heterocycles. The molecule has 2 aromatic heterocycles. The van der Waals surface area contributed by atoms with Crippen molar-refractivity contribution in [2.75, 3.05) is 12.4 Å². The van der Waals surface area contributed by atoms with Gasteiger partial charge in [0.1, 0.15) is 5.82 Å². The van der Waals surface area contributed by atoms with Crippen LogP contribution in [0.15, 0.2) is 36.5 Å². The second-order valence-electron chi connectivity index (χ2n) is 4.11. The first-order valence-electron chi connectivity index (χ1n) is 5.62. The van der Waals surface area contributed by atoms with E-state index in [9.17, 15) is 0 Å². The minimum atomic E-state index is 0.925. The molecule has 0 bridgehead atoms. The largest absolute Gasteiger partial charge is 0.373 e. The second kappa shape index (κ2) is 3.70. The van der Waals surface area contributed by atoms with E-state index in [1.165, 1.54) is 0 Å². The van der Waals surface area contributed by atoms with Gasteiger partial charge in [-0.2, -0.15) is 0 Å². The molecule has 3 aromatic rings. The van der Waals surface area contributed by atoms with Crippen LogP contribution in [0.1, 0.15) is 5.56 Å².